The first-order valence-electron chi connectivity index (χ1n) is 5.51. The second-order valence-electron chi connectivity index (χ2n) is 3.81. The summed E-state index contributed by atoms with van der Waals surface area (Å²) < 4.78 is 4.07. The average Bonchev–Trinajstić information content (AvgIpc) is 2.77. The molecule has 0 unspecified atom stereocenters. The van der Waals surface area contributed by atoms with E-state index in [9.17, 15) is 4.79 Å². The van der Waals surface area contributed by atoms with Crippen LogP contribution in [0.2, 0.25) is 0 Å². The monoisotopic (exact) mass is 246 g/mol. The first-order chi connectivity index (χ1) is 8.25. The highest BCUT2D eigenvalue weighted by atomic mass is 32.1. The van der Waals surface area contributed by atoms with Crippen molar-refractivity contribution in [1.82, 2.24) is 9.69 Å². The molecule has 1 amide bonds. The van der Waals surface area contributed by atoms with Gasteiger partial charge in [0, 0.05) is 11.4 Å². The molecule has 2 rings (SSSR count). The fraction of sp³-hybridized carbons (Fsp3) is 0.231. The number of hydrogen-bond acceptors (Lipinski definition) is 3. The van der Waals surface area contributed by atoms with Gasteiger partial charge in [-0.15, -0.1) is 0 Å². The van der Waals surface area contributed by atoms with Gasteiger partial charge >= 0.3 is 0 Å². The lowest BCUT2D eigenvalue weighted by molar-refractivity contribution is 0.0950. The minimum absolute atomic E-state index is 0.0923. The van der Waals surface area contributed by atoms with E-state index in [1.165, 1.54) is 17.1 Å². The highest BCUT2D eigenvalue weighted by Crippen LogP contribution is 2.07. The first-order valence-corrected chi connectivity index (χ1v) is 6.28. The molecule has 4 heteroatoms. The third-order valence-corrected chi connectivity index (χ3v) is 3.10. The number of aryl methyl sites for hydroxylation is 1. The van der Waals surface area contributed by atoms with Crippen LogP contribution in [-0.2, 0) is 6.42 Å². The van der Waals surface area contributed by atoms with Gasteiger partial charge in [0.25, 0.3) is 5.91 Å². The van der Waals surface area contributed by atoms with Crippen molar-refractivity contribution in [3.63, 3.8) is 0 Å². The van der Waals surface area contributed by atoms with Crippen molar-refractivity contribution >= 4 is 17.4 Å². The van der Waals surface area contributed by atoms with E-state index < -0.39 is 0 Å². The smallest absolute Gasteiger partial charge is 0.271 e. The molecule has 0 saturated carbocycles. The minimum atomic E-state index is -0.0923. The van der Waals surface area contributed by atoms with E-state index in [2.05, 4.69) is 21.8 Å². The van der Waals surface area contributed by atoms with Gasteiger partial charge in [0.05, 0.1) is 0 Å². The standard InChI is InChI=1S/C13H14N2OS/c1-10-9-12(15-17-10)13(16)14-8-7-11-5-3-2-4-6-11/h2-6,9H,7-8H2,1H3,(H,14,16). The number of benzene rings is 1. The van der Waals surface area contributed by atoms with Crippen molar-refractivity contribution in [3.8, 4) is 0 Å². The summed E-state index contributed by atoms with van der Waals surface area (Å²) in [6, 6.07) is 11.9. The molecular formula is C13H14N2OS. The summed E-state index contributed by atoms with van der Waals surface area (Å²) in [7, 11) is 0. The topological polar surface area (TPSA) is 42.0 Å². The van der Waals surface area contributed by atoms with Crippen LogP contribution in [0.5, 0.6) is 0 Å². The number of hydrogen-bond donors (Lipinski definition) is 1. The van der Waals surface area contributed by atoms with Crippen molar-refractivity contribution in [2.75, 3.05) is 6.54 Å². The highest BCUT2D eigenvalue weighted by molar-refractivity contribution is 7.05. The zero-order chi connectivity index (χ0) is 12.1. The van der Waals surface area contributed by atoms with Crippen LogP contribution >= 0.6 is 11.5 Å². The maximum Gasteiger partial charge on any atom is 0.271 e. The van der Waals surface area contributed by atoms with E-state index in [0.717, 1.165) is 11.3 Å². The lowest BCUT2D eigenvalue weighted by Crippen LogP contribution is -2.25. The van der Waals surface area contributed by atoms with Crippen LogP contribution in [-0.4, -0.2) is 16.8 Å². The van der Waals surface area contributed by atoms with Gasteiger partial charge in [0.2, 0.25) is 0 Å². The molecular weight excluding hydrogens is 232 g/mol. The number of nitrogens with one attached hydrogen (secondary N) is 1. The lowest BCUT2D eigenvalue weighted by Gasteiger charge is -2.03. The predicted octanol–water partition coefficient (Wildman–Crippen LogP) is 2.42. The van der Waals surface area contributed by atoms with Crippen molar-refractivity contribution in [1.29, 1.82) is 0 Å². The van der Waals surface area contributed by atoms with Gasteiger partial charge in [0.15, 0.2) is 0 Å². The maximum atomic E-state index is 11.7. The largest absolute Gasteiger partial charge is 0.350 e. The van der Waals surface area contributed by atoms with Crippen molar-refractivity contribution < 1.29 is 4.79 Å². The zero-order valence-corrected chi connectivity index (χ0v) is 10.5. The van der Waals surface area contributed by atoms with Gasteiger partial charge in [-0.05, 0) is 36.5 Å². The number of rotatable bonds is 4. The Morgan fingerprint density at radius 3 is 2.76 bits per heavy atom. The number of amides is 1. The molecule has 0 aliphatic rings. The van der Waals surface area contributed by atoms with E-state index in [4.69, 9.17) is 0 Å². The predicted molar refractivity (Wildman–Crippen MR) is 69.3 cm³/mol. The molecule has 1 aromatic carbocycles. The molecule has 88 valence electrons. The molecule has 0 aliphatic carbocycles. The van der Waals surface area contributed by atoms with Crippen LogP contribution in [0.4, 0.5) is 0 Å². The highest BCUT2D eigenvalue weighted by Gasteiger charge is 2.08. The van der Waals surface area contributed by atoms with Crippen molar-refractivity contribution in [2.45, 2.75) is 13.3 Å². The SMILES string of the molecule is Cc1cc(C(=O)NCCc2ccccc2)ns1. The molecule has 1 aromatic heterocycles. The molecule has 1 heterocycles. The summed E-state index contributed by atoms with van der Waals surface area (Å²) >= 11 is 1.35. The van der Waals surface area contributed by atoms with Crippen molar-refractivity contribution in [3.05, 3.63) is 52.5 Å². The Bertz CT molecular complexity index is 493. The number of carbonyl (C=O) groups excluding carboxylic acids is 1. The molecule has 2 aromatic rings. The molecule has 0 atom stereocenters. The van der Waals surface area contributed by atoms with Crippen LogP contribution in [0.1, 0.15) is 20.9 Å². The second-order valence-corrected chi connectivity index (χ2v) is 4.82. The molecule has 0 fully saturated rings. The number of carbonyl (C=O) groups is 1. The van der Waals surface area contributed by atoms with Crippen LogP contribution in [0.15, 0.2) is 36.4 Å². The summed E-state index contributed by atoms with van der Waals surface area (Å²) in [5.74, 6) is -0.0923. The van der Waals surface area contributed by atoms with Gasteiger partial charge in [-0.25, -0.2) is 0 Å². The Morgan fingerprint density at radius 1 is 1.35 bits per heavy atom. The molecule has 0 saturated heterocycles. The summed E-state index contributed by atoms with van der Waals surface area (Å²) in [4.78, 5) is 12.7. The first kappa shape index (κ1) is 11.8. The molecule has 0 radical (unpaired) electrons. The summed E-state index contributed by atoms with van der Waals surface area (Å²) in [5.41, 5.74) is 1.74. The van der Waals surface area contributed by atoms with Gasteiger partial charge in [-0.1, -0.05) is 30.3 Å². The Balaban J connectivity index is 1.81. The maximum absolute atomic E-state index is 11.7. The zero-order valence-electron chi connectivity index (χ0n) is 9.64. The average molecular weight is 246 g/mol. The van der Waals surface area contributed by atoms with Gasteiger partial charge in [-0.3, -0.25) is 4.79 Å². The Morgan fingerprint density at radius 2 is 2.12 bits per heavy atom. The molecule has 17 heavy (non-hydrogen) atoms. The van der Waals surface area contributed by atoms with Gasteiger partial charge in [-0.2, -0.15) is 4.37 Å². The number of nitrogens with zero attached hydrogens (tertiary/aromatic N) is 1. The van der Waals surface area contributed by atoms with E-state index in [1.54, 1.807) is 0 Å². The van der Waals surface area contributed by atoms with Crippen molar-refractivity contribution in [2.24, 2.45) is 0 Å². The second kappa shape index (κ2) is 5.59. The van der Waals surface area contributed by atoms with Gasteiger partial charge < -0.3 is 5.32 Å². The molecule has 3 nitrogen and oxygen atoms in total. The Labute approximate surface area is 105 Å². The normalized spacial score (nSPS) is 10.2. The van der Waals surface area contributed by atoms with E-state index in [-0.39, 0.29) is 5.91 Å². The third-order valence-electron chi connectivity index (χ3n) is 2.40. The molecule has 0 spiro atoms. The van der Waals surface area contributed by atoms with E-state index in [0.29, 0.717) is 12.2 Å². The van der Waals surface area contributed by atoms with Crippen LogP contribution in [0, 0.1) is 6.92 Å². The summed E-state index contributed by atoms with van der Waals surface area (Å²) in [5, 5.41) is 2.87. The lowest BCUT2D eigenvalue weighted by atomic mass is 10.1. The molecule has 0 aliphatic heterocycles. The van der Waals surface area contributed by atoms with Crippen LogP contribution < -0.4 is 5.32 Å². The van der Waals surface area contributed by atoms with Crippen LogP contribution in [0.3, 0.4) is 0 Å². The fourth-order valence-corrected chi connectivity index (χ4v) is 2.07. The van der Waals surface area contributed by atoms with Crippen LogP contribution in [0.25, 0.3) is 0 Å². The molecule has 1 N–H and O–H groups in total. The fourth-order valence-electron chi connectivity index (χ4n) is 1.53. The minimum Gasteiger partial charge on any atom is -0.350 e. The quantitative estimate of drug-likeness (QED) is 0.900. The summed E-state index contributed by atoms with van der Waals surface area (Å²) in [6.45, 7) is 2.58. The third kappa shape index (κ3) is 3.39. The van der Waals surface area contributed by atoms with E-state index in [1.807, 2.05) is 31.2 Å². The van der Waals surface area contributed by atoms with E-state index >= 15 is 0 Å². The Kier molecular flexibility index (Phi) is 3.88. The Hall–Kier alpha value is -1.68. The summed E-state index contributed by atoms with van der Waals surface area (Å²) in [6.07, 6.45) is 0.843. The number of aromatic nitrogens is 1. The van der Waals surface area contributed by atoms with Gasteiger partial charge in [0.1, 0.15) is 5.69 Å². The molecule has 0 bridgehead atoms.